The van der Waals surface area contributed by atoms with Crippen molar-refractivity contribution in [2.45, 2.75) is 13.0 Å². The van der Waals surface area contributed by atoms with E-state index in [0.717, 1.165) is 23.8 Å². The van der Waals surface area contributed by atoms with Crippen molar-refractivity contribution in [3.8, 4) is 11.5 Å². The lowest BCUT2D eigenvalue weighted by Gasteiger charge is -2.14. The number of benzene rings is 2. The number of aryl methyl sites for hydroxylation is 1. The van der Waals surface area contributed by atoms with Gasteiger partial charge in [0.05, 0.1) is 4.92 Å². The number of nitro groups is 1. The Morgan fingerprint density at radius 2 is 1.83 bits per heavy atom. The summed E-state index contributed by atoms with van der Waals surface area (Å²) >= 11 is 0. The number of aliphatic hydroxyl groups excluding tert-OH is 1. The van der Waals surface area contributed by atoms with E-state index < -0.39 is 16.8 Å². The number of halogens is 1. The van der Waals surface area contributed by atoms with Gasteiger partial charge in [0.1, 0.15) is 30.9 Å². The van der Waals surface area contributed by atoms with E-state index in [2.05, 4.69) is 0 Å². The molecule has 0 aromatic heterocycles. The monoisotopic (exact) mass is 321 g/mol. The van der Waals surface area contributed by atoms with Gasteiger partial charge in [0.2, 0.25) is 0 Å². The van der Waals surface area contributed by atoms with Crippen molar-refractivity contribution < 1.29 is 23.9 Å². The number of rotatable bonds is 7. The number of nitrogens with zero attached hydrogens (tertiary/aromatic N) is 1. The summed E-state index contributed by atoms with van der Waals surface area (Å²) in [5, 5.41) is 20.7. The molecule has 7 heteroatoms. The lowest BCUT2D eigenvalue weighted by Crippen LogP contribution is -2.25. The minimum atomic E-state index is -1.02. The van der Waals surface area contributed by atoms with Crippen LogP contribution >= 0.6 is 0 Å². The van der Waals surface area contributed by atoms with Gasteiger partial charge >= 0.3 is 5.69 Å². The van der Waals surface area contributed by atoms with Gasteiger partial charge in [0, 0.05) is 12.1 Å². The van der Waals surface area contributed by atoms with Crippen LogP contribution in [-0.4, -0.2) is 29.3 Å². The summed E-state index contributed by atoms with van der Waals surface area (Å²) in [5.41, 5.74) is 0.555. The van der Waals surface area contributed by atoms with E-state index in [0.29, 0.717) is 5.75 Å². The summed E-state index contributed by atoms with van der Waals surface area (Å²) in [5.74, 6) is -0.260. The minimum absolute atomic E-state index is 0.0477. The Balaban J connectivity index is 1.92. The van der Waals surface area contributed by atoms with E-state index in [9.17, 15) is 19.6 Å². The molecule has 0 heterocycles. The van der Waals surface area contributed by atoms with Gasteiger partial charge in [0.15, 0.2) is 5.75 Å². The predicted molar refractivity (Wildman–Crippen MR) is 81.2 cm³/mol. The largest absolute Gasteiger partial charge is 0.490 e. The average Bonchev–Trinajstić information content (AvgIpc) is 2.52. The molecule has 23 heavy (non-hydrogen) atoms. The van der Waals surface area contributed by atoms with Gasteiger partial charge in [-0.05, 0) is 24.6 Å². The highest BCUT2D eigenvalue weighted by atomic mass is 19.1. The van der Waals surface area contributed by atoms with E-state index in [1.165, 1.54) is 0 Å². The highest BCUT2D eigenvalue weighted by Gasteiger charge is 2.17. The molecule has 2 aromatic carbocycles. The van der Waals surface area contributed by atoms with Crippen LogP contribution < -0.4 is 9.47 Å². The second-order valence-electron chi connectivity index (χ2n) is 4.91. The quantitative estimate of drug-likeness (QED) is 0.626. The van der Waals surface area contributed by atoms with Crippen molar-refractivity contribution in [1.82, 2.24) is 0 Å². The SMILES string of the molecule is Cc1ccccc1OCC(O)COc1cc(F)ccc1[N+](=O)[O-]. The van der Waals surface area contributed by atoms with E-state index >= 15 is 0 Å². The van der Waals surface area contributed by atoms with Gasteiger partial charge in [-0.3, -0.25) is 10.1 Å². The third kappa shape index (κ3) is 4.65. The zero-order valence-electron chi connectivity index (χ0n) is 12.4. The van der Waals surface area contributed by atoms with Gasteiger partial charge in [-0.2, -0.15) is 0 Å². The molecular weight excluding hydrogens is 305 g/mol. The van der Waals surface area contributed by atoms with Gasteiger partial charge in [-0.15, -0.1) is 0 Å². The zero-order chi connectivity index (χ0) is 16.8. The molecule has 122 valence electrons. The van der Waals surface area contributed by atoms with E-state index in [4.69, 9.17) is 9.47 Å². The highest BCUT2D eigenvalue weighted by Crippen LogP contribution is 2.27. The molecular formula is C16H16FNO5. The van der Waals surface area contributed by atoms with Gasteiger partial charge in [-0.1, -0.05) is 18.2 Å². The number of para-hydroxylation sites is 1. The average molecular weight is 321 g/mol. The standard InChI is InChI=1S/C16H16FNO5/c1-11-4-2-3-5-15(11)22-9-13(19)10-23-16-8-12(17)6-7-14(16)18(20)21/h2-8,13,19H,9-10H2,1H3. The molecule has 2 rings (SSSR count). The fourth-order valence-corrected chi connectivity index (χ4v) is 1.89. The second kappa shape index (κ2) is 7.55. The van der Waals surface area contributed by atoms with Gasteiger partial charge in [-0.25, -0.2) is 4.39 Å². The molecule has 0 aliphatic carbocycles. The molecule has 0 bridgehead atoms. The van der Waals surface area contributed by atoms with Crippen LogP contribution in [0.3, 0.4) is 0 Å². The number of nitro benzene ring substituents is 1. The third-order valence-corrected chi connectivity index (χ3v) is 3.07. The summed E-state index contributed by atoms with van der Waals surface area (Å²) in [4.78, 5) is 10.2. The van der Waals surface area contributed by atoms with E-state index in [1.807, 2.05) is 19.1 Å². The maximum absolute atomic E-state index is 13.2. The van der Waals surface area contributed by atoms with Crippen LogP contribution in [0.2, 0.25) is 0 Å². The Labute approximate surface area is 132 Å². The Bertz CT molecular complexity index is 692. The zero-order valence-corrected chi connectivity index (χ0v) is 12.4. The molecule has 1 unspecified atom stereocenters. The molecule has 0 aliphatic rings. The van der Waals surface area contributed by atoms with E-state index in [1.54, 1.807) is 12.1 Å². The smallest absolute Gasteiger partial charge is 0.311 e. The molecule has 6 nitrogen and oxygen atoms in total. The number of hydrogen-bond acceptors (Lipinski definition) is 5. The summed E-state index contributed by atoms with van der Waals surface area (Å²) in [6, 6.07) is 10.2. The molecule has 1 N–H and O–H groups in total. The molecule has 0 spiro atoms. The first-order valence-electron chi connectivity index (χ1n) is 6.90. The Morgan fingerprint density at radius 3 is 2.48 bits per heavy atom. The highest BCUT2D eigenvalue weighted by molar-refractivity contribution is 5.46. The van der Waals surface area contributed by atoms with Crippen molar-refractivity contribution in [2.75, 3.05) is 13.2 Å². The van der Waals surface area contributed by atoms with Crippen LogP contribution in [-0.2, 0) is 0 Å². The van der Waals surface area contributed by atoms with Gasteiger partial charge < -0.3 is 14.6 Å². The van der Waals surface area contributed by atoms with Crippen LogP contribution in [0.1, 0.15) is 5.56 Å². The molecule has 0 saturated heterocycles. The number of aliphatic hydroxyl groups is 1. The van der Waals surface area contributed by atoms with Crippen LogP contribution in [0.25, 0.3) is 0 Å². The topological polar surface area (TPSA) is 81.8 Å². The first kappa shape index (κ1) is 16.7. The molecule has 0 aliphatic heterocycles. The van der Waals surface area contributed by atoms with Crippen molar-refractivity contribution in [2.24, 2.45) is 0 Å². The van der Waals surface area contributed by atoms with Crippen LogP contribution in [0.4, 0.5) is 10.1 Å². The normalized spacial score (nSPS) is 11.8. The maximum Gasteiger partial charge on any atom is 0.311 e. The van der Waals surface area contributed by atoms with Crippen LogP contribution in [0, 0.1) is 22.9 Å². The van der Waals surface area contributed by atoms with Crippen molar-refractivity contribution in [1.29, 1.82) is 0 Å². The third-order valence-electron chi connectivity index (χ3n) is 3.07. The Kier molecular flexibility index (Phi) is 5.48. The van der Waals surface area contributed by atoms with Crippen LogP contribution in [0.5, 0.6) is 11.5 Å². The number of hydrogen-bond donors (Lipinski definition) is 1. The summed E-state index contributed by atoms with van der Waals surface area (Å²) in [6.45, 7) is 1.57. The Hall–Kier alpha value is -2.67. The Morgan fingerprint density at radius 1 is 1.17 bits per heavy atom. The lowest BCUT2D eigenvalue weighted by molar-refractivity contribution is -0.386. The first-order chi connectivity index (χ1) is 11.0. The maximum atomic E-state index is 13.2. The fourth-order valence-electron chi connectivity index (χ4n) is 1.89. The molecule has 0 radical (unpaired) electrons. The van der Waals surface area contributed by atoms with Gasteiger partial charge in [0.25, 0.3) is 0 Å². The molecule has 0 fully saturated rings. The first-order valence-corrected chi connectivity index (χ1v) is 6.90. The van der Waals surface area contributed by atoms with Crippen molar-refractivity contribution in [3.05, 3.63) is 64.0 Å². The van der Waals surface area contributed by atoms with E-state index in [-0.39, 0.29) is 24.7 Å². The fraction of sp³-hybridized carbons (Fsp3) is 0.250. The molecule has 2 aromatic rings. The van der Waals surface area contributed by atoms with Crippen molar-refractivity contribution in [3.63, 3.8) is 0 Å². The van der Waals surface area contributed by atoms with Crippen molar-refractivity contribution >= 4 is 5.69 Å². The molecule has 1 atom stereocenters. The molecule has 0 saturated carbocycles. The predicted octanol–water partition coefficient (Wildman–Crippen LogP) is 2.86. The van der Waals surface area contributed by atoms with Crippen LogP contribution in [0.15, 0.2) is 42.5 Å². The summed E-state index contributed by atoms with van der Waals surface area (Å²) in [7, 11) is 0. The minimum Gasteiger partial charge on any atom is -0.490 e. The summed E-state index contributed by atoms with van der Waals surface area (Å²) in [6.07, 6.45) is -1.02. The summed E-state index contributed by atoms with van der Waals surface area (Å²) < 4.78 is 23.8. The second-order valence-corrected chi connectivity index (χ2v) is 4.91. The lowest BCUT2D eigenvalue weighted by atomic mass is 10.2. The molecule has 0 amide bonds. The number of ether oxygens (including phenoxy) is 2.